The zero-order valence-electron chi connectivity index (χ0n) is 8.80. The van der Waals surface area contributed by atoms with E-state index in [1.54, 1.807) is 13.8 Å². The van der Waals surface area contributed by atoms with Crippen LogP contribution in [0.2, 0.25) is 0 Å². The number of hydrogen-bond donors (Lipinski definition) is 1. The molecule has 13 heavy (non-hydrogen) atoms. The Labute approximate surface area is 103 Å². The van der Waals surface area contributed by atoms with Gasteiger partial charge in [-0.05, 0) is 37.1 Å². The van der Waals surface area contributed by atoms with E-state index in [0.29, 0.717) is 11.1 Å². The molecule has 1 rings (SSSR count). The Hall–Kier alpha value is 0.260. The third-order valence-electron chi connectivity index (χ3n) is 1.61. The monoisotopic (exact) mass is 212 g/mol. The first-order valence-electron chi connectivity index (χ1n) is 3.40. The van der Waals surface area contributed by atoms with Gasteiger partial charge >= 0.3 is 29.6 Å². The topological polar surface area (TPSA) is 37.3 Å². The summed E-state index contributed by atoms with van der Waals surface area (Å²) in [7, 11) is 0. The maximum atomic E-state index is 13.0. The summed E-state index contributed by atoms with van der Waals surface area (Å²) in [5.41, 5.74) is 0.791. The van der Waals surface area contributed by atoms with E-state index in [2.05, 4.69) is 0 Å². The van der Waals surface area contributed by atoms with Gasteiger partial charge < -0.3 is 5.98 Å². The van der Waals surface area contributed by atoms with E-state index in [9.17, 15) is 8.60 Å². The smallest absolute Gasteiger partial charge is 1.00 e. The van der Waals surface area contributed by atoms with Gasteiger partial charge in [-0.25, -0.2) is 8.60 Å². The van der Waals surface area contributed by atoms with Gasteiger partial charge in [0.25, 0.3) is 0 Å². The van der Waals surface area contributed by atoms with Gasteiger partial charge in [-0.2, -0.15) is 0 Å². The molecule has 0 aliphatic heterocycles. The molecule has 2 nitrogen and oxygen atoms in total. The SMILES string of the molecule is Cc1cc(S(=O)O)cc(C)c1F.[H-].[Na+]. The van der Waals surface area contributed by atoms with Gasteiger partial charge in [-0.1, -0.05) is 0 Å². The quantitative estimate of drug-likeness (QED) is 0.486. The molecule has 1 atom stereocenters. The molecule has 0 heterocycles. The molecular weight excluding hydrogens is 202 g/mol. The molecule has 0 aliphatic rings. The minimum atomic E-state index is -2.02. The summed E-state index contributed by atoms with van der Waals surface area (Å²) in [4.78, 5) is 0.242. The molecule has 0 aromatic heterocycles. The van der Waals surface area contributed by atoms with Crippen LogP contribution in [0.1, 0.15) is 12.6 Å². The van der Waals surface area contributed by atoms with Crippen molar-refractivity contribution < 1.29 is 44.1 Å². The Morgan fingerprint density at radius 2 is 1.77 bits per heavy atom. The van der Waals surface area contributed by atoms with Crippen LogP contribution in [0.5, 0.6) is 0 Å². The van der Waals surface area contributed by atoms with Crippen molar-refractivity contribution in [2.45, 2.75) is 18.7 Å². The molecule has 0 aliphatic carbocycles. The Bertz CT molecular complexity index is 323. The van der Waals surface area contributed by atoms with Gasteiger partial charge in [0.2, 0.25) is 0 Å². The number of aryl methyl sites for hydroxylation is 2. The van der Waals surface area contributed by atoms with Crippen molar-refractivity contribution in [3.8, 4) is 0 Å². The summed E-state index contributed by atoms with van der Waals surface area (Å²) in [5, 5.41) is 0. The maximum absolute atomic E-state index is 13.0. The molecule has 0 radical (unpaired) electrons. The van der Waals surface area contributed by atoms with Crippen molar-refractivity contribution in [3.63, 3.8) is 0 Å². The first kappa shape index (κ1) is 13.3. The minimum absolute atomic E-state index is 0. The summed E-state index contributed by atoms with van der Waals surface area (Å²) in [6.45, 7) is 3.14. The zero-order chi connectivity index (χ0) is 9.30. The number of benzene rings is 1. The van der Waals surface area contributed by atoms with Gasteiger partial charge in [0.1, 0.15) is 5.82 Å². The van der Waals surface area contributed by atoms with Crippen molar-refractivity contribution in [1.82, 2.24) is 0 Å². The second-order valence-electron chi connectivity index (χ2n) is 2.62. The minimum Gasteiger partial charge on any atom is -1.00 e. The number of rotatable bonds is 1. The Kier molecular flexibility index (Phi) is 5.32. The molecule has 5 heteroatoms. The van der Waals surface area contributed by atoms with Crippen molar-refractivity contribution in [1.29, 1.82) is 0 Å². The van der Waals surface area contributed by atoms with Gasteiger partial charge in [0.15, 0.2) is 11.1 Å². The van der Waals surface area contributed by atoms with E-state index in [1.165, 1.54) is 12.1 Å². The average molecular weight is 212 g/mol. The first-order chi connectivity index (χ1) is 5.52. The normalized spacial score (nSPS) is 12.0. The molecular formula is C8H10FNaO2S. The molecule has 0 saturated heterocycles. The van der Waals surface area contributed by atoms with Crippen LogP contribution in [-0.2, 0) is 11.1 Å². The predicted octanol–water partition coefficient (Wildman–Crippen LogP) is -0.860. The Balaban J connectivity index is 0. The van der Waals surface area contributed by atoms with E-state index in [1.807, 2.05) is 0 Å². The van der Waals surface area contributed by atoms with Crippen molar-refractivity contribution in [3.05, 3.63) is 29.1 Å². The molecule has 0 spiro atoms. The van der Waals surface area contributed by atoms with Crippen LogP contribution in [0.15, 0.2) is 17.0 Å². The number of halogens is 1. The summed E-state index contributed by atoms with van der Waals surface area (Å²) in [6, 6.07) is 2.75. The van der Waals surface area contributed by atoms with Crippen LogP contribution in [-0.4, -0.2) is 8.76 Å². The van der Waals surface area contributed by atoms with Crippen LogP contribution < -0.4 is 29.6 Å². The fraction of sp³-hybridized carbons (Fsp3) is 0.250. The molecule has 0 bridgehead atoms. The zero-order valence-corrected chi connectivity index (χ0v) is 10.6. The molecule has 0 saturated carbocycles. The predicted molar refractivity (Wildman–Crippen MR) is 46.0 cm³/mol. The van der Waals surface area contributed by atoms with Crippen LogP contribution in [0.25, 0.3) is 0 Å². The van der Waals surface area contributed by atoms with Crippen LogP contribution in [0.3, 0.4) is 0 Å². The van der Waals surface area contributed by atoms with E-state index in [-0.39, 0.29) is 41.7 Å². The first-order valence-corrected chi connectivity index (χ1v) is 4.50. The van der Waals surface area contributed by atoms with Crippen LogP contribution in [0.4, 0.5) is 4.39 Å². The fourth-order valence-electron chi connectivity index (χ4n) is 1.01. The second kappa shape index (κ2) is 5.22. The van der Waals surface area contributed by atoms with Crippen molar-refractivity contribution in [2.75, 3.05) is 0 Å². The summed E-state index contributed by atoms with van der Waals surface area (Å²) in [5.74, 6) is -0.316. The van der Waals surface area contributed by atoms with Crippen LogP contribution in [0, 0.1) is 19.7 Å². The second-order valence-corrected chi connectivity index (χ2v) is 3.59. The third-order valence-corrected chi connectivity index (χ3v) is 2.25. The molecule has 1 aromatic carbocycles. The third kappa shape index (κ3) is 3.14. The summed E-state index contributed by atoms with van der Waals surface area (Å²) >= 11 is -2.02. The molecule has 68 valence electrons. The standard InChI is InChI=1S/C8H9FO2S.Na.H/c1-5-3-7(12(10)11)4-6(2)8(5)9;;/h3-4H,1-2H3,(H,10,11);;/q;+1;-1. The Morgan fingerprint density at radius 3 is 2.08 bits per heavy atom. The Morgan fingerprint density at radius 1 is 1.38 bits per heavy atom. The molecule has 1 unspecified atom stereocenters. The summed E-state index contributed by atoms with van der Waals surface area (Å²) < 4.78 is 32.3. The summed E-state index contributed by atoms with van der Waals surface area (Å²) in [6.07, 6.45) is 0. The van der Waals surface area contributed by atoms with Crippen LogP contribution >= 0.6 is 0 Å². The van der Waals surface area contributed by atoms with Crippen molar-refractivity contribution >= 4 is 11.1 Å². The van der Waals surface area contributed by atoms with E-state index in [4.69, 9.17) is 4.55 Å². The number of hydrogen-bond acceptors (Lipinski definition) is 1. The molecule has 1 N–H and O–H groups in total. The maximum Gasteiger partial charge on any atom is 1.00 e. The molecule has 0 amide bonds. The van der Waals surface area contributed by atoms with Gasteiger partial charge in [-0.15, -0.1) is 0 Å². The molecule has 0 fully saturated rings. The van der Waals surface area contributed by atoms with Gasteiger partial charge in [-0.3, -0.25) is 0 Å². The van der Waals surface area contributed by atoms with E-state index < -0.39 is 11.1 Å². The van der Waals surface area contributed by atoms with Gasteiger partial charge in [0.05, 0.1) is 4.90 Å². The largest absolute Gasteiger partial charge is 1.00 e. The van der Waals surface area contributed by atoms with Crippen molar-refractivity contribution in [2.24, 2.45) is 0 Å². The van der Waals surface area contributed by atoms with E-state index in [0.717, 1.165) is 0 Å². The molecule has 1 aromatic rings. The fourth-order valence-corrected chi connectivity index (χ4v) is 1.56. The van der Waals surface area contributed by atoms with Gasteiger partial charge in [0, 0.05) is 0 Å². The van der Waals surface area contributed by atoms with E-state index >= 15 is 0 Å². The average Bonchev–Trinajstić information content (AvgIpc) is 1.99.